The van der Waals surface area contributed by atoms with Crippen LogP contribution in [0.3, 0.4) is 0 Å². The number of para-hydroxylation sites is 1. The van der Waals surface area contributed by atoms with Gasteiger partial charge in [0.15, 0.2) is 0 Å². The first-order valence-electron chi connectivity index (χ1n) is 5.23. The van der Waals surface area contributed by atoms with E-state index < -0.39 is 12.7 Å². The van der Waals surface area contributed by atoms with Crippen molar-refractivity contribution < 1.29 is 13.5 Å². The summed E-state index contributed by atoms with van der Waals surface area (Å²) in [5, 5.41) is 0.544. The topological polar surface area (TPSA) is 35.2 Å². The normalized spacial score (nSPS) is 12.7. The van der Waals surface area contributed by atoms with Crippen LogP contribution in [0.1, 0.15) is 16.5 Å². The van der Waals surface area contributed by atoms with Crippen LogP contribution < -0.4 is 10.5 Å². The second-order valence-electron chi connectivity index (χ2n) is 3.66. The molecular formula is C12H9BrClF2NOS. The van der Waals surface area contributed by atoms with Crippen molar-refractivity contribution in [2.24, 2.45) is 5.73 Å². The van der Waals surface area contributed by atoms with Gasteiger partial charge in [-0.05, 0) is 28.1 Å². The third-order valence-corrected chi connectivity index (χ3v) is 5.00. The van der Waals surface area contributed by atoms with Crippen LogP contribution in [0.4, 0.5) is 8.78 Å². The van der Waals surface area contributed by atoms with Crippen LogP contribution in [0.15, 0.2) is 34.1 Å². The molecule has 0 aliphatic rings. The fourth-order valence-electron chi connectivity index (χ4n) is 1.61. The van der Waals surface area contributed by atoms with Gasteiger partial charge in [-0.15, -0.1) is 11.3 Å². The molecule has 0 aliphatic heterocycles. The summed E-state index contributed by atoms with van der Waals surface area (Å²) in [5.41, 5.74) is 6.57. The van der Waals surface area contributed by atoms with E-state index in [9.17, 15) is 8.78 Å². The Morgan fingerprint density at radius 2 is 2.00 bits per heavy atom. The number of benzene rings is 1. The predicted molar refractivity (Wildman–Crippen MR) is 76.1 cm³/mol. The smallest absolute Gasteiger partial charge is 0.387 e. The molecule has 0 bridgehead atoms. The van der Waals surface area contributed by atoms with Gasteiger partial charge in [-0.1, -0.05) is 29.8 Å². The minimum absolute atomic E-state index is 0.0747. The van der Waals surface area contributed by atoms with E-state index in [0.29, 0.717) is 10.6 Å². The summed E-state index contributed by atoms with van der Waals surface area (Å²) < 4.78 is 29.9. The van der Waals surface area contributed by atoms with Gasteiger partial charge in [-0.3, -0.25) is 0 Å². The molecule has 0 saturated carbocycles. The number of halogens is 4. The molecule has 2 rings (SSSR count). The van der Waals surface area contributed by atoms with Crippen molar-refractivity contribution in [1.82, 2.24) is 0 Å². The van der Waals surface area contributed by atoms with Gasteiger partial charge < -0.3 is 10.5 Å². The standard InChI is InChI=1S/C12H9BrClF2NOS/c13-11-7(14)5-9(19-11)10(17)6-3-1-2-4-8(6)18-12(15)16/h1-5,10,12H,17H2. The highest BCUT2D eigenvalue weighted by atomic mass is 79.9. The molecule has 2 N–H and O–H groups in total. The molecule has 0 radical (unpaired) electrons. The number of ether oxygens (including phenoxy) is 1. The van der Waals surface area contributed by atoms with Gasteiger partial charge in [0.2, 0.25) is 0 Å². The molecule has 1 heterocycles. The summed E-state index contributed by atoms with van der Waals surface area (Å²) in [7, 11) is 0. The van der Waals surface area contributed by atoms with E-state index >= 15 is 0 Å². The van der Waals surface area contributed by atoms with Crippen molar-refractivity contribution in [3.8, 4) is 5.75 Å². The number of hydrogen-bond acceptors (Lipinski definition) is 3. The monoisotopic (exact) mass is 367 g/mol. The molecule has 1 unspecified atom stereocenters. The molecule has 7 heteroatoms. The zero-order valence-corrected chi connectivity index (χ0v) is 12.6. The Hall–Kier alpha value is -0.690. The van der Waals surface area contributed by atoms with Crippen LogP contribution in [0.25, 0.3) is 0 Å². The molecule has 1 aromatic carbocycles. The quantitative estimate of drug-likeness (QED) is 0.840. The molecule has 0 saturated heterocycles. The summed E-state index contributed by atoms with van der Waals surface area (Å²) in [6, 6.07) is 7.60. The number of hydrogen-bond donors (Lipinski definition) is 1. The average molecular weight is 369 g/mol. The Kier molecular flexibility index (Phi) is 4.78. The Morgan fingerprint density at radius 3 is 2.58 bits per heavy atom. The first kappa shape index (κ1) is 14.7. The highest BCUT2D eigenvalue weighted by Crippen LogP contribution is 2.38. The van der Waals surface area contributed by atoms with Crippen LogP contribution in [-0.2, 0) is 0 Å². The Balaban J connectivity index is 2.35. The van der Waals surface area contributed by atoms with E-state index in [0.717, 1.165) is 8.66 Å². The first-order chi connectivity index (χ1) is 8.99. The van der Waals surface area contributed by atoms with Crippen molar-refractivity contribution in [2.75, 3.05) is 0 Å². The van der Waals surface area contributed by atoms with Crippen molar-refractivity contribution >= 4 is 38.9 Å². The zero-order chi connectivity index (χ0) is 14.0. The fraction of sp³-hybridized carbons (Fsp3) is 0.167. The fourth-order valence-corrected chi connectivity index (χ4v) is 3.38. The lowest BCUT2D eigenvalue weighted by Gasteiger charge is -2.15. The van der Waals surface area contributed by atoms with Gasteiger partial charge in [-0.25, -0.2) is 0 Å². The van der Waals surface area contributed by atoms with Crippen molar-refractivity contribution in [3.05, 3.63) is 49.6 Å². The van der Waals surface area contributed by atoms with E-state index in [4.69, 9.17) is 17.3 Å². The number of thiophene rings is 1. The summed E-state index contributed by atoms with van der Waals surface area (Å²) in [6.07, 6.45) is 0. The second-order valence-corrected chi connectivity index (χ2v) is 6.47. The van der Waals surface area contributed by atoms with Gasteiger partial charge in [0.05, 0.1) is 14.9 Å². The molecule has 19 heavy (non-hydrogen) atoms. The van der Waals surface area contributed by atoms with Gasteiger partial charge in [0.1, 0.15) is 5.75 Å². The molecule has 0 fully saturated rings. The van der Waals surface area contributed by atoms with E-state index in [1.54, 1.807) is 24.3 Å². The Bertz CT molecular complexity index is 559. The molecular weight excluding hydrogens is 360 g/mol. The number of rotatable bonds is 4. The molecule has 1 aromatic heterocycles. The molecule has 102 valence electrons. The lowest BCUT2D eigenvalue weighted by molar-refractivity contribution is -0.0505. The van der Waals surface area contributed by atoms with Crippen LogP contribution in [0, 0.1) is 0 Å². The maximum atomic E-state index is 12.3. The maximum absolute atomic E-state index is 12.3. The molecule has 0 spiro atoms. The van der Waals surface area contributed by atoms with Crippen molar-refractivity contribution in [1.29, 1.82) is 0 Å². The number of nitrogens with two attached hydrogens (primary N) is 1. The Labute approximate surface area is 126 Å². The average Bonchev–Trinajstić information content (AvgIpc) is 2.69. The lowest BCUT2D eigenvalue weighted by Crippen LogP contribution is -2.13. The highest BCUT2D eigenvalue weighted by Gasteiger charge is 2.19. The SMILES string of the molecule is NC(c1cc(Cl)c(Br)s1)c1ccccc1OC(F)F. The van der Waals surface area contributed by atoms with Crippen molar-refractivity contribution in [3.63, 3.8) is 0 Å². The molecule has 2 aromatic rings. The minimum atomic E-state index is -2.88. The summed E-state index contributed by atoms with van der Waals surface area (Å²) >= 11 is 10.6. The van der Waals surface area contributed by atoms with Crippen LogP contribution >= 0.6 is 38.9 Å². The molecule has 0 amide bonds. The van der Waals surface area contributed by atoms with Crippen LogP contribution in [0.5, 0.6) is 5.75 Å². The van der Waals surface area contributed by atoms with E-state index in [2.05, 4.69) is 20.7 Å². The third kappa shape index (κ3) is 3.45. The summed E-state index contributed by atoms with van der Waals surface area (Å²) in [5.74, 6) is 0.0747. The second kappa shape index (κ2) is 6.17. The third-order valence-electron chi connectivity index (χ3n) is 2.44. The van der Waals surface area contributed by atoms with E-state index in [-0.39, 0.29) is 5.75 Å². The number of alkyl halides is 2. The van der Waals surface area contributed by atoms with Gasteiger partial charge in [0, 0.05) is 10.4 Å². The van der Waals surface area contributed by atoms with Gasteiger partial charge in [-0.2, -0.15) is 8.78 Å². The van der Waals surface area contributed by atoms with Crippen LogP contribution in [0.2, 0.25) is 5.02 Å². The van der Waals surface area contributed by atoms with E-state index in [1.165, 1.54) is 17.4 Å². The largest absolute Gasteiger partial charge is 0.434 e. The summed E-state index contributed by atoms with van der Waals surface area (Å²) in [6.45, 7) is -2.88. The lowest BCUT2D eigenvalue weighted by atomic mass is 10.1. The summed E-state index contributed by atoms with van der Waals surface area (Å²) in [4.78, 5) is 0.766. The van der Waals surface area contributed by atoms with Crippen molar-refractivity contribution in [2.45, 2.75) is 12.7 Å². The van der Waals surface area contributed by atoms with Gasteiger partial charge >= 0.3 is 6.61 Å². The van der Waals surface area contributed by atoms with E-state index in [1.807, 2.05) is 0 Å². The highest BCUT2D eigenvalue weighted by molar-refractivity contribution is 9.11. The van der Waals surface area contributed by atoms with Gasteiger partial charge in [0.25, 0.3) is 0 Å². The molecule has 0 aliphatic carbocycles. The minimum Gasteiger partial charge on any atom is -0.434 e. The maximum Gasteiger partial charge on any atom is 0.387 e. The van der Waals surface area contributed by atoms with Crippen LogP contribution in [-0.4, -0.2) is 6.61 Å². The predicted octanol–water partition coefficient (Wildman–Crippen LogP) is 4.81. The Morgan fingerprint density at radius 1 is 1.32 bits per heavy atom. The molecule has 2 nitrogen and oxygen atoms in total. The first-order valence-corrected chi connectivity index (χ1v) is 7.22. The molecule has 1 atom stereocenters. The zero-order valence-electron chi connectivity index (χ0n) is 9.45.